The van der Waals surface area contributed by atoms with Crippen LogP contribution in [0.25, 0.3) is 0 Å². The molecule has 0 saturated carbocycles. The van der Waals surface area contributed by atoms with Crippen LogP contribution < -0.4 is 0 Å². The van der Waals surface area contributed by atoms with Gasteiger partial charge in [0, 0.05) is 6.54 Å². The van der Waals surface area contributed by atoms with Crippen molar-refractivity contribution in [3.8, 4) is 0 Å². The second-order valence-corrected chi connectivity index (χ2v) is 9.65. The summed E-state index contributed by atoms with van der Waals surface area (Å²) in [7, 11) is 0. The molecule has 0 amide bonds. The van der Waals surface area contributed by atoms with Gasteiger partial charge in [-0.25, -0.2) is 0 Å². The maximum absolute atomic E-state index is 6.18. The van der Waals surface area contributed by atoms with Crippen LogP contribution in [0, 0.1) is 0 Å². The third kappa shape index (κ3) is 4.07. The fraction of sp³-hybridized carbons (Fsp3) is 0.875. The molecule has 112 valence electrons. The quantitative estimate of drug-likeness (QED) is 0.455. The van der Waals surface area contributed by atoms with E-state index in [9.17, 15) is 0 Å². The number of hydrogen-bond donors (Lipinski definition) is 0. The standard InChI is InChI=1S/C8H9Cl8N3/c1-2-3-19-5(6(9,10)7(11,12)13)18(4-17-19)8(14,15)16/h4-5H,2-3H2,1H3. The molecule has 0 spiro atoms. The summed E-state index contributed by atoms with van der Waals surface area (Å²) < 4.78 is -5.70. The van der Waals surface area contributed by atoms with Crippen LogP contribution in [0.5, 0.6) is 0 Å². The zero-order chi connectivity index (χ0) is 15.1. The van der Waals surface area contributed by atoms with Gasteiger partial charge in [0.1, 0.15) is 6.34 Å². The molecule has 0 saturated heterocycles. The Kier molecular flexibility index (Phi) is 6.25. The molecule has 0 aromatic carbocycles. The minimum Gasteiger partial charge on any atom is -0.291 e. The van der Waals surface area contributed by atoms with E-state index in [1.807, 2.05) is 6.92 Å². The number of hydrazone groups is 1. The summed E-state index contributed by atoms with van der Waals surface area (Å²) in [4.78, 5) is 1.20. The molecule has 1 atom stereocenters. The lowest BCUT2D eigenvalue weighted by atomic mass is 10.3. The molecule has 0 aromatic rings. The number of rotatable bonds is 3. The van der Waals surface area contributed by atoms with Crippen LogP contribution in [0.1, 0.15) is 13.3 Å². The van der Waals surface area contributed by atoms with Gasteiger partial charge in [-0.2, -0.15) is 5.10 Å². The fourth-order valence-electron chi connectivity index (χ4n) is 1.51. The highest BCUT2D eigenvalue weighted by molar-refractivity contribution is 6.76. The predicted molar refractivity (Wildman–Crippen MR) is 86.1 cm³/mol. The van der Waals surface area contributed by atoms with Crippen molar-refractivity contribution in [2.24, 2.45) is 5.10 Å². The predicted octanol–water partition coefficient (Wildman–Crippen LogP) is 5.16. The minimum atomic E-state index is -2.01. The van der Waals surface area contributed by atoms with Gasteiger partial charge in [-0.1, -0.05) is 99.7 Å². The molecule has 3 nitrogen and oxygen atoms in total. The van der Waals surface area contributed by atoms with Gasteiger partial charge in [0.2, 0.25) is 8.13 Å². The number of hydrogen-bond acceptors (Lipinski definition) is 3. The third-order valence-corrected chi connectivity index (χ3v) is 5.34. The van der Waals surface area contributed by atoms with Crippen molar-refractivity contribution in [2.45, 2.75) is 31.6 Å². The van der Waals surface area contributed by atoms with Gasteiger partial charge in [0.05, 0.1) is 0 Å². The maximum atomic E-state index is 6.18. The Morgan fingerprint density at radius 3 is 1.95 bits per heavy atom. The minimum absolute atomic E-state index is 0.500. The van der Waals surface area contributed by atoms with E-state index in [1.54, 1.807) is 0 Å². The zero-order valence-electron chi connectivity index (χ0n) is 9.43. The molecule has 11 heteroatoms. The van der Waals surface area contributed by atoms with Crippen molar-refractivity contribution in [3.05, 3.63) is 0 Å². The van der Waals surface area contributed by atoms with Gasteiger partial charge in [0.15, 0.2) is 6.17 Å². The molecule has 1 unspecified atom stereocenters. The topological polar surface area (TPSA) is 18.8 Å². The Balaban J connectivity index is 3.15. The Labute approximate surface area is 151 Å². The lowest BCUT2D eigenvalue weighted by Crippen LogP contribution is -2.59. The molecule has 0 radical (unpaired) electrons. The Morgan fingerprint density at radius 2 is 1.58 bits per heavy atom. The monoisotopic (exact) mass is 427 g/mol. The molecule has 0 aliphatic carbocycles. The summed E-state index contributed by atoms with van der Waals surface area (Å²) in [6.07, 6.45) is 1.12. The Morgan fingerprint density at radius 1 is 1.05 bits per heavy atom. The summed E-state index contributed by atoms with van der Waals surface area (Å²) in [5.41, 5.74) is 0. The first-order valence-electron chi connectivity index (χ1n) is 5.03. The number of halogens is 8. The van der Waals surface area contributed by atoms with E-state index >= 15 is 0 Å². The van der Waals surface area contributed by atoms with Crippen molar-refractivity contribution in [3.63, 3.8) is 0 Å². The number of nitrogens with zero attached hydrogens (tertiary/aromatic N) is 3. The first kappa shape index (κ1) is 18.6. The second kappa shape index (κ2) is 6.37. The first-order valence-corrected chi connectivity index (χ1v) is 8.05. The van der Waals surface area contributed by atoms with Gasteiger partial charge in [-0.05, 0) is 6.42 Å². The van der Waals surface area contributed by atoms with E-state index in [0.29, 0.717) is 6.54 Å². The summed E-state index contributed by atoms with van der Waals surface area (Å²) >= 11 is 47.3. The van der Waals surface area contributed by atoms with Gasteiger partial charge in [-0.15, -0.1) is 0 Å². The molecule has 1 aliphatic heterocycles. The summed E-state index contributed by atoms with van der Waals surface area (Å²) in [5.74, 6) is 0. The highest BCUT2D eigenvalue weighted by Gasteiger charge is 2.59. The van der Waals surface area contributed by atoms with Crippen LogP contribution >= 0.6 is 92.8 Å². The Hall–Kier alpha value is 1.59. The smallest absolute Gasteiger partial charge is 0.270 e. The van der Waals surface area contributed by atoms with E-state index < -0.39 is 18.2 Å². The molecule has 0 aromatic heterocycles. The average molecular weight is 431 g/mol. The van der Waals surface area contributed by atoms with Crippen LogP contribution in [0.2, 0.25) is 0 Å². The second-order valence-electron chi connectivity index (χ2n) is 3.76. The number of alkyl halides is 8. The molecule has 1 heterocycles. The zero-order valence-corrected chi connectivity index (χ0v) is 15.5. The summed E-state index contributed by atoms with van der Waals surface area (Å²) in [6, 6.07) is 0. The lowest BCUT2D eigenvalue weighted by Gasteiger charge is -2.43. The normalized spacial score (nSPS) is 21.4. The molecule has 0 bridgehead atoms. The molecule has 1 aliphatic rings. The third-order valence-electron chi connectivity index (χ3n) is 2.32. The molecule has 19 heavy (non-hydrogen) atoms. The first-order chi connectivity index (χ1) is 8.43. The fourth-order valence-corrected chi connectivity index (χ4v) is 2.65. The van der Waals surface area contributed by atoms with Gasteiger partial charge in [-0.3, -0.25) is 9.91 Å². The van der Waals surface area contributed by atoms with Gasteiger partial charge in [0.25, 0.3) is 3.92 Å². The molecular weight excluding hydrogens is 422 g/mol. The molecular formula is C8H9Cl8N3. The van der Waals surface area contributed by atoms with E-state index in [2.05, 4.69) is 5.10 Å². The Bertz CT molecular complexity index is 347. The van der Waals surface area contributed by atoms with E-state index in [-0.39, 0.29) is 0 Å². The van der Waals surface area contributed by atoms with Crippen LogP contribution in [0.15, 0.2) is 5.10 Å². The van der Waals surface area contributed by atoms with Crippen molar-refractivity contribution in [2.75, 3.05) is 6.54 Å². The van der Waals surface area contributed by atoms with Crippen molar-refractivity contribution < 1.29 is 0 Å². The highest BCUT2D eigenvalue weighted by atomic mass is 35.6. The van der Waals surface area contributed by atoms with Gasteiger partial charge < -0.3 is 0 Å². The van der Waals surface area contributed by atoms with E-state index in [0.717, 1.165) is 6.42 Å². The van der Waals surface area contributed by atoms with E-state index in [1.165, 1.54) is 16.2 Å². The SMILES string of the molecule is CCCN1N=CN(C(Cl)(Cl)Cl)C1C(Cl)(Cl)C(Cl)(Cl)Cl. The lowest BCUT2D eigenvalue weighted by molar-refractivity contribution is 0.114. The maximum Gasteiger partial charge on any atom is 0.270 e. The van der Waals surface area contributed by atoms with Crippen LogP contribution in [0.3, 0.4) is 0 Å². The van der Waals surface area contributed by atoms with E-state index in [4.69, 9.17) is 92.8 Å². The molecule has 0 N–H and O–H groups in total. The molecule has 1 rings (SSSR count). The highest BCUT2D eigenvalue weighted by Crippen LogP contribution is 2.52. The van der Waals surface area contributed by atoms with Crippen molar-refractivity contribution >= 4 is 99.1 Å². The van der Waals surface area contributed by atoms with Crippen molar-refractivity contribution in [1.29, 1.82) is 0 Å². The van der Waals surface area contributed by atoms with Crippen molar-refractivity contribution in [1.82, 2.24) is 9.91 Å². The summed E-state index contributed by atoms with van der Waals surface area (Å²) in [5, 5.41) is 5.57. The summed E-state index contributed by atoms with van der Waals surface area (Å²) in [6.45, 7) is 2.43. The van der Waals surface area contributed by atoms with Crippen LogP contribution in [-0.4, -0.2) is 41.0 Å². The largest absolute Gasteiger partial charge is 0.291 e. The average Bonchev–Trinajstić information content (AvgIpc) is 2.60. The van der Waals surface area contributed by atoms with Crippen LogP contribution in [-0.2, 0) is 0 Å². The van der Waals surface area contributed by atoms with Gasteiger partial charge >= 0.3 is 0 Å². The molecule has 0 fully saturated rings. The van der Waals surface area contributed by atoms with Crippen LogP contribution in [0.4, 0.5) is 0 Å².